The summed E-state index contributed by atoms with van der Waals surface area (Å²) < 4.78 is 0. The Morgan fingerprint density at radius 2 is 2.04 bits per heavy atom. The maximum atomic E-state index is 12.1. The van der Waals surface area contributed by atoms with Gasteiger partial charge < -0.3 is 20.6 Å². The Balaban J connectivity index is 2.00. The molecule has 1 aliphatic heterocycles. The van der Waals surface area contributed by atoms with Gasteiger partial charge in [0.25, 0.3) is 0 Å². The number of nitrogens with zero attached hydrogens (tertiary/aromatic N) is 1. The first-order valence-electron chi connectivity index (χ1n) is 8.12. The number of nitrogens with one attached hydrogen (secondary N) is 2. The second-order valence-corrected chi connectivity index (χ2v) is 8.60. The van der Waals surface area contributed by atoms with Gasteiger partial charge in [0, 0.05) is 30.3 Å². The topological polar surface area (TPSA) is 64.6 Å². The molecule has 1 fully saturated rings. The molecule has 0 radical (unpaired) electrons. The molecule has 5 nitrogen and oxygen atoms in total. The molecule has 0 unspecified atom stereocenters. The van der Waals surface area contributed by atoms with Gasteiger partial charge in [0.1, 0.15) is 0 Å². The summed E-state index contributed by atoms with van der Waals surface area (Å²) in [4.78, 5) is 14.4. The number of benzene rings is 1. The van der Waals surface area contributed by atoms with Gasteiger partial charge in [-0.15, -0.1) is 0 Å². The Hall–Kier alpha value is -1.11. The lowest BCUT2D eigenvalue weighted by Crippen LogP contribution is -2.47. The maximum absolute atomic E-state index is 12.1. The third-order valence-electron chi connectivity index (χ3n) is 4.09. The second kappa shape index (κ2) is 8.32. The second-order valence-electron chi connectivity index (χ2n) is 6.97. The highest BCUT2D eigenvalue weighted by Crippen LogP contribution is 2.30. The first kappa shape index (κ1) is 19.2. The molecular weight excluding hydrogens is 346 g/mol. The molecule has 24 heavy (non-hydrogen) atoms. The number of thioether (sulfide) groups is 1. The smallest absolute Gasteiger partial charge is 0.319 e. The van der Waals surface area contributed by atoms with Crippen molar-refractivity contribution in [3.63, 3.8) is 0 Å². The Labute approximate surface area is 153 Å². The predicted molar refractivity (Wildman–Crippen MR) is 103 cm³/mol. The molecule has 0 bridgehead atoms. The van der Waals surface area contributed by atoms with Crippen LogP contribution in [-0.4, -0.2) is 48.4 Å². The van der Waals surface area contributed by atoms with Crippen LogP contribution in [0.4, 0.5) is 16.2 Å². The number of urea groups is 1. The summed E-state index contributed by atoms with van der Waals surface area (Å²) >= 11 is 8.34. The summed E-state index contributed by atoms with van der Waals surface area (Å²) in [6.45, 7) is 7.77. The molecule has 1 aliphatic rings. The third-order valence-corrected chi connectivity index (χ3v) is 5.34. The predicted octanol–water partition coefficient (Wildman–Crippen LogP) is 3.42. The van der Waals surface area contributed by atoms with Crippen LogP contribution in [-0.2, 0) is 0 Å². The molecule has 0 saturated carbocycles. The number of hydrogen-bond donors (Lipinski definition) is 3. The zero-order valence-electron chi connectivity index (χ0n) is 14.4. The van der Waals surface area contributed by atoms with E-state index in [-0.39, 0.29) is 24.1 Å². The number of anilines is 2. The van der Waals surface area contributed by atoms with Crippen LogP contribution in [0, 0.1) is 5.41 Å². The summed E-state index contributed by atoms with van der Waals surface area (Å²) in [5.41, 5.74) is 1.42. The van der Waals surface area contributed by atoms with E-state index in [1.807, 2.05) is 44.7 Å². The molecule has 3 N–H and O–H groups in total. The Kier molecular flexibility index (Phi) is 6.66. The zero-order chi connectivity index (χ0) is 17.7. The van der Waals surface area contributed by atoms with Crippen LogP contribution >= 0.6 is 23.4 Å². The summed E-state index contributed by atoms with van der Waals surface area (Å²) in [5, 5.41) is 15.6. The first-order valence-corrected chi connectivity index (χ1v) is 9.65. The molecule has 1 aromatic rings. The maximum Gasteiger partial charge on any atom is 0.319 e. The average molecular weight is 372 g/mol. The molecule has 7 heteroatoms. The molecular formula is C17H26ClN3O2S. The molecule has 2 rings (SSSR count). The van der Waals surface area contributed by atoms with Crippen LogP contribution in [0.3, 0.4) is 0 Å². The summed E-state index contributed by atoms with van der Waals surface area (Å²) in [5.74, 6) is 2.21. The van der Waals surface area contributed by atoms with Crippen molar-refractivity contribution in [1.29, 1.82) is 0 Å². The minimum atomic E-state index is -0.345. The Morgan fingerprint density at radius 3 is 2.58 bits per heavy atom. The van der Waals surface area contributed by atoms with Crippen molar-refractivity contribution in [2.24, 2.45) is 5.41 Å². The van der Waals surface area contributed by atoms with E-state index in [9.17, 15) is 9.90 Å². The Morgan fingerprint density at radius 1 is 1.38 bits per heavy atom. The van der Waals surface area contributed by atoms with Gasteiger partial charge in [-0.3, -0.25) is 0 Å². The summed E-state index contributed by atoms with van der Waals surface area (Å²) in [7, 11) is 0. The first-order chi connectivity index (χ1) is 11.3. The van der Waals surface area contributed by atoms with E-state index in [0.29, 0.717) is 10.7 Å². The number of carbonyl (C=O) groups is 1. The minimum Gasteiger partial charge on any atom is -0.394 e. The van der Waals surface area contributed by atoms with Gasteiger partial charge in [0.05, 0.1) is 23.4 Å². The van der Waals surface area contributed by atoms with Crippen molar-refractivity contribution in [2.75, 3.05) is 41.4 Å². The fourth-order valence-corrected chi connectivity index (χ4v) is 3.71. The van der Waals surface area contributed by atoms with Crippen molar-refractivity contribution in [3.8, 4) is 0 Å². The quantitative estimate of drug-likeness (QED) is 0.758. The van der Waals surface area contributed by atoms with Crippen molar-refractivity contribution in [2.45, 2.75) is 26.8 Å². The number of aliphatic hydroxyl groups excluding tert-OH is 1. The standard InChI is InChI=1S/C17H26ClN3O2S/c1-17(2,3)15(11-22)20-16(23)19-12-4-5-14(13(18)10-12)21-6-8-24-9-7-21/h4-5,10,15,22H,6-9,11H2,1-3H3,(H2,19,20,23)/t15-/m0/s1. The molecule has 1 aromatic carbocycles. The van der Waals surface area contributed by atoms with Crippen LogP contribution in [0.2, 0.25) is 5.02 Å². The minimum absolute atomic E-state index is 0.108. The molecule has 134 valence electrons. The van der Waals surface area contributed by atoms with E-state index < -0.39 is 0 Å². The van der Waals surface area contributed by atoms with Crippen LogP contribution in [0.1, 0.15) is 20.8 Å². The van der Waals surface area contributed by atoms with Gasteiger partial charge in [-0.05, 0) is 23.6 Å². The molecule has 0 aliphatic carbocycles. The SMILES string of the molecule is CC(C)(C)[C@H](CO)NC(=O)Nc1ccc(N2CCSCC2)c(Cl)c1. The highest BCUT2D eigenvalue weighted by atomic mass is 35.5. The number of halogens is 1. The van der Waals surface area contributed by atoms with Crippen LogP contribution in [0.25, 0.3) is 0 Å². The van der Waals surface area contributed by atoms with Gasteiger partial charge in [-0.25, -0.2) is 4.79 Å². The fraction of sp³-hybridized carbons (Fsp3) is 0.588. The van der Waals surface area contributed by atoms with E-state index in [4.69, 9.17) is 11.6 Å². The van der Waals surface area contributed by atoms with Crippen molar-refractivity contribution in [1.82, 2.24) is 5.32 Å². The van der Waals surface area contributed by atoms with Gasteiger partial charge >= 0.3 is 6.03 Å². The molecule has 1 heterocycles. The highest BCUT2D eigenvalue weighted by molar-refractivity contribution is 7.99. The Bertz CT molecular complexity index is 571. The molecule has 1 atom stereocenters. The van der Waals surface area contributed by atoms with E-state index in [1.165, 1.54) is 0 Å². The lowest BCUT2D eigenvalue weighted by molar-refractivity contribution is 0.162. The number of carbonyl (C=O) groups excluding carboxylic acids is 1. The molecule has 0 aromatic heterocycles. The monoisotopic (exact) mass is 371 g/mol. The largest absolute Gasteiger partial charge is 0.394 e. The fourth-order valence-electron chi connectivity index (χ4n) is 2.51. The van der Waals surface area contributed by atoms with Crippen molar-refractivity contribution >= 4 is 40.8 Å². The third kappa shape index (κ3) is 5.19. The van der Waals surface area contributed by atoms with E-state index in [2.05, 4.69) is 15.5 Å². The van der Waals surface area contributed by atoms with Crippen LogP contribution in [0.15, 0.2) is 18.2 Å². The summed E-state index contributed by atoms with van der Waals surface area (Å²) in [6, 6.07) is 4.90. The lowest BCUT2D eigenvalue weighted by Gasteiger charge is -2.30. The van der Waals surface area contributed by atoms with Crippen LogP contribution < -0.4 is 15.5 Å². The summed E-state index contributed by atoms with van der Waals surface area (Å²) in [6.07, 6.45) is 0. The number of rotatable bonds is 4. The molecule has 0 spiro atoms. The van der Waals surface area contributed by atoms with Gasteiger partial charge in [0.2, 0.25) is 0 Å². The molecule has 1 saturated heterocycles. The highest BCUT2D eigenvalue weighted by Gasteiger charge is 2.25. The lowest BCUT2D eigenvalue weighted by atomic mass is 9.87. The van der Waals surface area contributed by atoms with Crippen molar-refractivity contribution < 1.29 is 9.90 Å². The number of aliphatic hydroxyl groups is 1. The zero-order valence-corrected chi connectivity index (χ0v) is 16.0. The normalized spacial score (nSPS) is 16.6. The van der Waals surface area contributed by atoms with E-state index >= 15 is 0 Å². The average Bonchev–Trinajstić information content (AvgIpc) is 2.52. The van der Waals surface area contributed by atoms with Gasteiger partial charge in [-0.2, -0.15) is 11.8 Å². The van der Waals surface area contributed by atoms with Gasteiger partial charge in [0.15, 0.2) is 0 Å². The number of hydrogen-bond acceptors (Lipinski definition) is 4. The number of amides is 2. The van der Waals surface area contributed by atoms with Crippen LogP contribution in [0.5, 0.6) is 0 Å². The van der Waals surface area contributed by atoms with E-state index in [0.717, 1.165) is 30.3 Å². The molecule has 2 amide bonds. The van der Waals surface area contributed by atoms with Gasteiger partial charge in [-0.1, -0.05) is 32.4 Å². The van der Waals surface area contributed by atoms with Crippen molar-refractivity contribution in [3.05, 3.63) is 23.2 Å². The van der Waals surface area contributed by atoms with E-state index in [1.54, 1.807) is 6.07 Å².